The number of rotatable bonds is 8. The molecule has 8 nitrogen and oxygen atoms in total. The Kier molecular flexibility index (Phi) is 8.29. The number of ether oxygens (including phenoxy) is 2. The lowest BCUT2D eigenvalue weighted by molar-refractivity contribution is -0.133. The molecule has 1 atom stereocenters. The van der Waals surface area contributed by atoms with Crippen molar-refractivity contribution >= 4 is 35.0 Å². The molecule has 2 rings (SSSR count). The van der Waals surface area contributed by atoms with Crippen molar-refractivity contribution < 1.29 is 23.9 Å². The van der Waals surface area contributed by atoms with Gasteiger partial charge in [0.1, 0.15) is 11.5 Å². The topological polar surface area (TPSA) is 106 Å². The molecule has 0 aliphatic rings. The highest BCUT2D eigenvalue weighted by atomic mass is 35.5. The molecule has 1 unspecified atom stereocenters. The van der Waals surface area contributed by atoms with Crippen molar-refractivity contribution in [1.29, 1.82) is 0 Å². The molecule has 0 aliphatic heterocycles. The highest BCUT2D eigenvalue weighted by Crippen LogP contribution is 2.20. The van der Waals surface area contributed by atoms with E-state index in [0.717, 1.165) is 0 Å². The molecule has 0 saturated heterocycles. The van der Waals surface area contributed by atoms with Crippen LogP contribution in [-0.2, 0) is 14.4 Å². The van der Waals surface area contributed by atoms with Crippen LogP contribution in [0.2, 0.25) is 5.02 Å². The Hall–Kier alpha value is -3.26. The third-order valence-corrected chi connectivity index (χ3v) is 4.12. The molecule has 0 fully saturated rings. The number of hydrogen-bond donors (Lipinski definition) is 3. The molecule has 154 valence electrons. The second-order valence-corrected chi connectivity index (χ2v) is 6.41. The summed E-state index contributed by atoms with van der Waals surface area (Å²) in [4.78, 5) is 35.8. The van der Waals surface area contributed by atoms with Crippen molar-refractivity contribution in [2.24, 2.45) is 0 Å². The minimum Gasteiger partial charge on any atom is -0.497 e. The molecular weight excluding hydrogens is 398 g/mol. The van der Waals surface area contributed by atoms with Crippen LogP contribution in [0.1, 0.15) is 19.8 Å². The van der Waals surface area contributed by atoms with Crippen molar-refractivity contribution in [2.45, 2.75) is 25.9 Å². The van der Waals surface area contributed by atoms with Crippen LogP contribution >= 0.6 is 11.6 Å². The van der Waals surface area contributed by atoms with E-state index < -0.39 is 17.9 Å². The lowest BCUT2D eigenvalue weighted by atomic mass is 10.2. The van der Waals surface area contributed by atoms with E-state index in [1.54, 1.807) is 62.6 Å². The van der Waals surface area contributed by atoms with Gasteiger partial charge < -0.3 is 14.8 Å². The molecule has 0 spiro atoms. The molecule has 0 aromatic heterocycles. The standard InChI is InChI=1S/C20H22ClN3O5/c1-13(29-15-9-7-14(28-2)8-10-15)20(27)24-23-19(26)12-11-18(25)22-17-6-4-3-5-16(17)21/h3-10,13H,11-12H2,1-2H3,(H,22,25)(H,23,26)(H,24,27). The van der Waals surface area contributed by atoms with Crippen LogP contribution in [0, 0.1) is 0 Å². The Morgan fingerprint density at radius 2 is 1.55 bits per heavy atom. The lowest BCUT2D eigenvalue weighted by Crippen LogP contribution is -2.47. The van der Waals surface area contributed by atoms with Gasteiger partial charge in [-0.3, -0.25) is 25.2 Å². The third-order valence-electron chi connectivity index (χ3n) is 3.79. The SMILES string of the molecule is COc1ccc(OC(C)C(=O)NNC(=O)CCC(=O)Nc2ccccc2Cl)cc1. The number of para-hydroxylation sites is 1. The van der Waals surface area contributed by atoms with Crippen molar-refractivity contribution in [3.05, 3.63) is 53.6 Å². The normalized spacial score (nSPS) is 11.1. The molecule has 29 heavy (non-hydrogen) atoms. The van der Waals surface area contributed by atoms with Gasteiger partial charge >= 0.3 is 0 Å². The summed E-state index contributed by atoms with van der Waals surface area (Å²) in [6.07, 6.45) is -1.01. The summed E-state index contributed by atoms with van der Waals surface area (Å²) in [6.45, 7) is 1.54. The number of nitrogens with one attached hydrogen (secondary N) is 3. The average molecular weight is 420 g/mol. The van der Waals surface area contributed by atoms with E-state index in [4.69, 9.17) is 21.1 Å². The minimum absolute atomic E-state index is 0.0647. The van der Waals surface area contributed by atoms with Crippen LogP contribution in [0.25, 0.3) is 0 Å². The molecule has 0 bridgehead atoms. The van der Waals surface area contributed by atoms with Gasteiger partial charge in [-0.15, -0.1) is 0 Å². The fourth-order valence-corrected chi connectivity index (χ4v) is 2.39. The molecule has 3 N–H and O–H groups in total. The molecule has 9 heteroatoms. The number of hydrazine groups is 1. The smallest absolute Gasteiger partial charge is 0.279 e. The number of methoxy groups -OCH3 is 1. The predicted octanol–water partition coefficient (Wildman–Crippen LogP) is 2.68. The molecule has 2 aromatic rings. The van der Waals surface area contributed by atoms with Gasteiger partial charge in [0.15, 0.2) is 6.10 Å². The Morgan fingerprint density at radius 3 is 2.21 bits per heavy atom. The Balaban J connectivity index is 1.70. The maximum atomic E-state index is 12.0. The summed E-state index contributed by atoms with van der Waals surface area (Å²) in [5.41, 5.74) is 4.99. The van der Waals surface area contributed by atoms with Gasteiger partial charge in [0.2, 0.25) is 11.8 Å². The number of carbonyl (C=O) groups is 3. The fraction of sp³-hybridized carbons (Fsp3) is 0.250. The number of amides is 3. The zero-order valence-corrected chi connectivity index (χ0v) is 16.8. The highest BCUT2D eigenvalue weighted by Gasteiger charge is 2.16. The van der Waals surface area contributed by atoms with E-state index in [-0.39, 0.29) is 18.7 Å². The van der Waals surface area contributed by atoms with Crippen LogP contribution in [0.3, 0.4) is 0 Å². The highest BCUT2D eigenvalue weighted by molar-refractivity contribution is 6.33. The number of anilines is 1. The van der Waals surface area contributed by atoms with Crippen LogP contribution in [0.4, 0.5) is 5.69 Å². The van der Waals surface area contributed by atoms with Gasteiger partial charge in [0, 0.05) is 12.8 Å². The van der Waals surface area contributed by atoms with Crippen LogP contribution in [-0.4, -0.2) is 30.9 Å². The largest absolute Gasteiger partial charge is 0.497 e. The summed E-state index contributed by atoms with van der Waals surface area (Å²) in [7, 11) is 1.55. The number of halogens is 1. The molecular formula is C20H22ClN3O5. The predicted molar refractivity (Wildman–Crippen MR) is 109 cm³/mol. The quantitative estimate of drug-likeness (QED) is 0.570. The van der Waals surface area contributed by atoms with Gasteiger partial charge in [0.05, 0.1) is 17.8 Å². The van der Waals surface area contributed by atoms with E-state index >= 15 is 0 Å². The second kappa shape index (κ2) is 10.9. The Morgan fingerprint density at radius 1 is 0.931 bits per heavy atom. The summed E-state index contributed by atoms with van der Waals surface area (Å²) < 4.78 is 10.5. The van der Waals surface area contributed by atoms with Gasteiger partial charge in [-0.25, -0.2) is 0 Å². The summed E-state index contributed by atoms with van der Waals surface area (Å²) in [5, 5.41) is 3.02. The van der Waals surface area contributed by atoms with E-state index in [1.165, 1.54) is 0 Å². The average Bonchev–Trinajstić information content (AvgIpc) is 2.72. The first-order valence-corrected chi connectivity index (χ1v) is 9.20. The third kappa shape index (κ3) is 7.34. The van der Waals surface area contributed by atoms with Gasteiger partial charge in [-0.1, -0.05) is 23.7 Å². The van der Waals surface area contributed by atoms with E-state index in [1.807, 2.05) is 0 Å². The van der Waals surface area contributed by atoms with Crippen LogP contribution in [0.5, 0.6) is 11.5 Å². The van der Waals surface area contributed by atoms with Gasteiger partial charge in [-0.05, 0) is 43.3 Å². The molecule has 0 radical (unpaired) electrons. The van der Waals surface area contributed by atoms with Crippen molar-refractivity contribution in [2.75, 3.05) is 12.4 Å². The number of hydrogen-bond acceptors (Lipinski definition) is 5. The molecule has 0 saturated carbocycles. The molecule has 0 heterocycles. The first-order valence-electron chi connectivity index (χ1n) is 8.83. The zero-order chi connectivity index (χ0) is 21.2. The summed E-state index contributed by atoms with van der Waals surface area (Å²) in [6, 6.07) is 13.5. The first kappa shape index (κ1) is 22.0. The number of carbonyl (C=O) groups excluding carboxylic acids is 3. The summed E-state index contributed by atoms with van der Waals surface area (Å²) in [5.74, 6) is -0.258. The Labute approximate surface area is 173 Å². The van der Waals surface area contributed by atoms with Crippen molar-refractivity contribution in [1.82, 2.24) is 10.9 Å². The van der Waals surface area contributed by atoms with Crippen LogP contribution < -0.4 is 25.6 Å². The minimum atomic E-state index is -0.841. The molecule has 2 aromatic carbocycles. The van der Waals surface area contributed by atoms with E-state index in [9.17, 15) is 14.4 Å². The second-order valence-electron chi connectivity index (χ2n) is 6.00. The van der Waals surface area contributed by atoms with Gasteiger partial charge in [-0.2, -0.15) is 0 Å². The first-order chi connectivity index (χ1) is 13.9. The zero-order valence-electron chi connectivity index (χ0n) is 16.0. The maximum Gasteiger partial charge on any atom is 0.279 e. The van der Waals surface area contributed by atoms with Crippen molar-refractivity contribution in [3.8, 4) is 11.5 Å². The van der Waals surface area contributed by atoms with Crippen LogP contribution in [0.15, 0.2) is 48.5 Å². The maximum absolute atomic E-state index is 12.0. The monoisotopic (exact) mass is 419 g/mol. The van der Waals surface area contributed by atoms with E-state index in [0.29, 0.717) is 22.2 Å². The lowest BCUT2D eigenvalue weighted by Gasteiger charge is -2.15. The molecule has 0 aliphatic carbocycles. The Bertz CT molecular complexity index is 857. The van der Waals surface area contributed by atoms with E-state index in [2.05, 4.69) is 16.2 Å². The number of benzene rings is 2. The summed E-state index contributed by atoms with van der Waals surface area (Å²) >= 11 is 5.96. The van der Waals surface area contributed by atoms with Gasteiger partial charge in [0.25, 0.3) is 5.91 Å². The van der Waals surface area contributed by atoms with Crippen molar-refractivity contribution in [3.63, 3.8) is 0 Å². The molecule has 3 amide bonds. The fourth-order valence-electron chi connectivity index (χ4n) is 2.21.